The molecule has 0 aliphatic carbocycles. The quantitative estimate of drug-likeness (QED) is 0.555. The van der Waals surface area contributed by atoms with Crippen LogP contribution < -0.4 is 5.73 Å². The normalized spacial score (nSPS) is 10.5. The predicted molar refractivity (Wildman–Crippen MR) is 39.1 cm³/mol. The van der Waals surface area contributed by atoms with Gasteiger partial charge < -0.3 is 10.8 Å². The summed E-state index contributed by atoms with van der Waals surface area (Å²) in [6, 6.07) is 0. The number of fused-ring (bicyclic) bond motifs is 1. The molecule has 11 heavy (non-hydrogen) atoms. The van der Waals surface area contributed by atoms with Gasteiger partial charge in [0.1, 0.15) is 17.7 Å². The zero-order chi connectivity index (χ0) is 7.84. The van der Waals surface area contributed by atoms with Crippen molar-refractivity contribution in [1.29, 1.82) is 0 Å². The van der Waals surface area contributed by atoms with Gasteiger partial charge in [0.2, 0.25) is 5.88 Å². The smallest absolute Gasteiger partial charge is 0.238 e. The predicted octanol–water partition coefficient (Wildman–Crippen LogP) is 0.0171. The molecule has 0 aliphatic heterocycles. The minimum Gasteiger partial charge on any atom is -0.492 e. The second-order valence-electron chi connectivity index (χ2n) is 2.16. The average molecular weight is 150 g/mol. The van der Waals surface area contributed by atoms with Gasteiger partial charge in [0.25, 0.3) is 0 Å². The van der Waals surface area contributed by atoms with Crippen LogP contribution in [0.4, 0.5) is 5.82 Å². The number of nitrogen functional groups attached to an aromatic ring is 1. The van der Waals surface area contributed by atoms with E-state index in [4.69, 9.17) is 10.8 Å². The fourth-order valence-corrected chi connectivity index (χ4v) is 0.921. The standard InChI is InChI=1S/C6H6N4O/c7-5-2-8-1-4-6(11)9-3-10(4)5/h1-3,11H,7H2. The number of nitrogens with two attached hydrogens (primary N) is 1. The summed E-state index contributed by atoms with van der Waals surface area (Å²) in [6.07, 6.45) is 4.44. The van der Waals surface area contributed by atoms with Gasteiger partial charge in [-0.3, -0.25) is 9.38 Å². The Balaban J connectivity index is 2.94. The Hall–Kier alpha value is -1.78. The Kier molecular flexibility index (Phi) is 1.00. The monoisotopic (exact) mass is 150 g/mol. The molecule has 3 N–H and O–H groups in total. The van der Waals surface area contributed by atoms with Gasteiger partial charge in [0.15, 0.2) is 0 Å². The van der Waals surface area contributed by atoms with E-state index in [-0.39, 0.29) is 5.88 Å². The molecule has 0 spiro atoms. The van der Waals surface area contributed by atoms with Crippen LogP contribution in [0.25, 0.3) is 5.52 Å². The molecule has 0 fully saturated rings. The highest BCUT2D eigenvalue weighted by atomic mass is 16.3. The third-order valence-electron chi connectivity index (χ3n) is 1.47. The Bertz CT molecular complexity index is 394. The van der Waals surface area contributed by atoms with Gasteiger partial charge in [-0.25, -0.2) is 4.98 Å². The molecule has 56 valence electrons. The van der Waals surface area contributed by atoms with Crippen molar-refractivity contribution in [2.24, 2.45) is 0 Å². The number of aromatic hydroxyl groups is 1. The average Bonchev–Trinajstić information content (AvgIpc) is 2.35. The molecule has 0 bridgehead atoms. The van der Waals surface area contributed by atoms with Crippen molar-refractivity contribution in [3.05, 3.63) is 18.7 Å². The van der Waals surface area contributed by atoms with Gasteiger partial charge in [-0.2, -0.15) is 0 Å². The van der Waals surface area contributed by atoms with E-state index >= 15 is 0 Å². The first-order valence-electron chi connectivity index (χ1n) is 3.04. The summed E-state index contributed by atoms with van der Waals surface area (Å²) in [5.41, 5.74) is 6.04. The van der Waals surface area contributed by atoms with Gasteiger partial charge >= 0.3 is 0 Å². The summed E-state index contributed by atoms with van der Waals surface area (Å²) in [5, 5.41) is 9.11. The minimum absolute atomic E-state index is 0.0511. The molecule has 0 radical (unpaired) electrons. The van der Waals surface area contributed by atoms with Gasteiger partial charge in [0.05, 0.1) is 12.4 Å². The van der Waals surface area contributed by atoms with Crippen LogP contribution in [0.3, 0.4) is 0 Å². The van der Waals surface area contributed by atoms with Crippen LogP contribution in [-0.4, -0.2) is 19.5 Å². The third-order valence-corrected chi connectivity index (χ3v) is 1.47. The second-order valence-corrected chi connectivity index (χ2v) is 2.16. The lowest BCUT2D eigenvalue weighted by atomic mass is 10.5. The maximum atomic E-state index is 9.11. The zero-order valence-electron chi connectivity index (χ0n) is 5.60. The molecule has 0 aliphatic rings. The molecule has 0 atom stereocenters. The fourth-order valence-electron chi connectivity index (χ4n) is 0.921. The molecular weight excluding hydrogens is 144 g/mol. The van der Waals surface area contributed by atoms with Crippen LogP contribution in [-0.2, 0) is 0 Å². The molecular formula is C6H6N4O. The number of imidazole rings is 1. The molecule has 0 amide bonds. The highest BCUT2D eigenvalue weighted by molar-refractivity contribution is 5.57. The number of rotatable bonds is 0. The molecule has 2 rings (SSSR count). The molecule has 0 saturated heterocycles. The van der Waals surface area contributed by atoms with E-state index in [2.05, 4.69) is 9.97 Å². The van der Waals surface area contributed by atoms with E-state index in [1.807, 2.05) is 0 Å². The summed E-state index contributed by atoms with van der Waals surface area (Å²) in [4.78, 5) is 7.45. The number of hydrogen-bond donors (Lipinski definition) is 2. The lowest BCUT2D eigenvalue weighted by Gasteiger charge is -1.95. The summed E-state index contributed by atoms with van der Waals surface area (Å²) in [6.45, 7) is 0. The van der Waals surface area contributed by atoms with Gasteiger partial charge in [-0.15, -0.1) is 0 Å². The van der Waals surface area contributed by atoms with Crippen molar-refractivity contribution in [2.75, 3.05) is 5.73 Å². The Labute approximate surface area is 62.1 Å². The number of hydrogen-bond acceptors (Lipinski definition) is 4. The first kappa shape index (κ1) is 5.96. The molecule has 5 nitrogen and oxygen atoms in total. The molecule has 2 aromatic heterocycles. The summed E-state index contributed by atoms with van der Waals surface area (Å²) in [7, 11) is 0. The van der Waals surface area contributed by atoms with Crippen LogP contribution >= 0.6 is 0 Å². The molecule has 2 heterocycles. The van der Waals surface area contributed by atoms with Gasteiger partial charge in [0, 0.05) is 0 Å². The maximum Gasteiger partial charge on any atom is 0.238 e. The van der Waals surface area contributed by atoms with E-state index in [1.165, 1.54) is 18.7 Å². The Morgan fingerprint density at radius 1 is 1.45 bits per heavy atom. The minimum atomic E-state index is -0.0511. The lowest BCUT2D eigenvalue weighted by molar-refractivity contribution is 0.462. The number of nitrogens with zero attached hydrogens (tertiary/aromatic N) is 3. The van der Waals surface area contributed by atoms with Crippen LogP contribution in [0.5, 0.6) is 5.88 Å². The van der Waals surface area contributed by atoms with Crippen molar-refractivity contribution in [3.63, 3.8) is 0 Å². The zero-order valence-corrected chi connectivity index (χ0v) is 5.60. The van der Waals surface area contributed by atoms with E-state index in [0.29, 0.717) is 11.3 Å². The Morgan fingerprint density at radius 3 is 3.00 bits per heavy atom. The van der Waals surface area contributed by atoms with Crippen LogP contribution in [0.15, 0.2) is 18.7 Å². The van der Waals surface area contributed by atoms with Crippen LogP contribution in [0, 0.1) is 0 Å². The van der Waals surface area contributed by atoms with Crippen molar-refractivity contribution in [1.82, 2.24) is 14.4 Å². The molecule has 0 aromatic carbocycles. The maximum absolute atomic E-state index is 9.11. The van der Waals surface area contributed by atoms with E-state index < -0.39 is 0 Å². The SMILES string of the molecule is Nc1cncc2c(O)ncn12. The lowest BCUT2D eigenvalue weighted by Crippen LogP contribution is -1.95. The summed E-state index contributed by atoms with van der Waals surface area (Å²) >= 11 is 0. The van der Waals surface area contributed by atoms with E-state index in [9.17, 15) is 0 Å². The Morgan fingerprint density at radius 2 is 2.27 bits per heavy atom. The first-order valence-corrected chi connectivity index (χ1v) is 3.04. The summed E-state index contributed by atoms with van der Waals surface area (Å²) in [5.74, 6) is 0.403. The van der Waals surface area contributed by atoms with Crippen molar-refractivity contribution in [2.45, 2.75) is 0 Å². The van der Waals surface area contributed by atoms with Gasteiger partial charge in [-0.1, -0.05) is 0 Å². The highest BCUT2D eigenvalue weighted by Crippen LogP contribution is 2.16. The van der Waals surface area contributed by atoms with E-state index in [0.717, 1.165) is 0 Å². The second kappa shape index (κ2) is 1.85. The van der Waals surface area contributed by atoms with E-state index in [1.54, 1.807) is 4.40 Å². The van der Waals surface area contributed by atoms with Gasteiger partial charge in [-0.05, 0) is 0 Å². The molecule has 5 heteroatoms. The topological polar surface area (TPSA) is 76.4 Å². The molecule has 0 saturated carbocycles. The number of anilines is 1. The molecule has 2 aromatic rings. The largest absolute Gasteiger partial charge is 0.492 e. The first-order chi connectivity index (χ1) is 5.29. The van der Waals surface area contributed by atoms with Crippen molar-refractivity contribution < 1.29 is 5.11 Å². The highest BCUT2D eigenvalue weighted by Gasteiger charge is 2.02. The fraction of sp³-hybridized carbons (Fsp3) is 0. The van der Waals surface area contributed by atoms with Crippen LogP contribution in [0.2, 0.25) is 0 Å². The third kappa shape index (κ3) is 0.706. The molecule has 0 unspecified atom stereocenters. The van der Waals surface area contributed by atoms with Crippen molar-refractivity contribution in [3.8, 4) is 5.88 Å². The van der Waals surface area contributed by atoms with Crippen molar-refractivity contribution >= 4 is 11.3 Å². The number of aromatic nitrogens is 3. The summed E-state index contributed by atoms with van der Waals surface area (Å²) < 4.78 is 1.56. The van der Waals surface area contributed by atoms with Crippen LogP contribution in [0.1, 0.15) is 0 Å².